The first-order chi connectivity index (χ1) is 9.15. The van der Waals surface area contributed by atoms with Crippen LogP contribution in [-0.4, -0.2) is 46.9 Å². The Morgan fingerprint density at radius 1 is 1.32 bits per heavy atom. The Morgan fingerprint density at radius 2 is 2.05 bits per heavy atom. The Kier molecular flexibility index (Phi) is 2.96. The highest BCUT2D eigenvalue weighted by Crippen LogP contribution is 2.28. The number of fused-ring (bicyclic) bond motifs is 2. The molecule has 2 aliphatic rings. The molecule has 2 saturated heterocycles. The van der Waals surface area contributed by atoms with Gasteiger partial charge in [0.2, 0.25) is 0 Å². The molecule has 6 nitrogen and oxygen atoms in total. The van der Waals surface area contributed by atoms with Crippen molar-refractivity contribution in [3.05, 3.63) is 35.9 Å². The van der Waals surface area contributed by atoms with Crippen LogP contribution >= 0.6 is 0 Å². The molecule has 0 unspecified atom stereocenters. The summed E-state index contributed by atoms with van der Waals surface area (Å²) in [6.45, 7) is 0.694. The first kappa shape index (κ1) is 12.1. The number of ether oxygens (including phenoxy) is 2. The molecule has 1 N–H and O–H groups in total. The van der Waals surface area contributed by atoms with Crippen molar-refractivity contribution in [2.45, 2.75) is 25.0 Å². The molecule has 2 bridgehead atoms. The van der Waals surface area contributed by atoms with Crippen molar-refractivity contribution < 1.29 is 24.2 Å². The van der Waals surface area contributed by atoms with Crippen molar-refractivity contribution in [2.75, 3.05) is 6.54 Å². The summed E-state index contributed by atoms with van der Waals surface area (Å²) in [5.41, 5.74) is 0.990. The largest absolute Gasteiger partial charge is 0.479 e. The van der Waals surface area contributed by atoms with Gasteiger partial charge in [0, 0.05) is 6.54 Å². The molecule has 1 amide bonds. The zero-order valence-corrected chi connectivity index (χ0v) is 10.1. The predicted octanol–water partition coefficient (Wildman–Crippen LogP) is 0.223. The number of hydrogen-bond acceptors (Lipinski definition) is 4. The van der Waals surface area contributed by atoms with E-state index in [9.17, 15) is 9.59 Å². The minimum Gasteiger partial charge on any atom is -0.479 e. The summed E-state index contributed by atoms with van der Waals surface area (Å²) in [5, 5.41) is 8.98. The predicted molar refractivity (Wildman–Crippen MR) is 63.0 cm³/mol. The molecule has 0 aliphatic carbocycles. The lowest BCUT2D eigenvalue weighted by atomic mass is 10.1. The Morgan fingerprint density at radius 3 is 2.74 bits per heavy atom. The standard InChI is InChI=1S/C13H13NO5/c15-12-10-11(13(16)17)19-9(18-10)7-14(12)6-8-4-2-1-3-5-8/h1-5,9-11H,6-7H2,(H,16,17)/t9-,10-,11+/m1/s1. The molecular formula is C13H13NO5. The van der Waals surface area contributed by atoms with Crippen molar-refractivity contribution in [2.24, 2.45) is 0 Å². The SMILES string of the molecule is O=C(O)[C@H]1O[C@@H]2CN(Cc3ccccc3)C(=O)[C@@H]1O2. The van der Waals surface area contributed by atoms with E-state index in [0.717, 1.165) is 5.56 Å². The fourth-order valence-electron chi connectivity index (χ4n) is 2.36. The first-order valence-corrected chi connectivity index (χ1v) is 6.01. The van der Waals surface area contributed by atoms with Crippen LogP contribution in [-0.2, 0) is 25.6 Å². The van der Waals surface area contributed by atoms with Crippen molar-refractivity contribution in [1.82, 2.24) is 4.90 Å². The lowest BCUT2D eigenvalue weighted by molar-refractivity contribution is -0.162. The number of aliphatic carboxylic acids is 1. The van der Waals surface area contributed by atoms with Gasteiger partial charge in [0.25, 0.3) is 5.91 Å². The Labute approximate surface area is 109 Å². The maximum atomic E-state index is 12.2. The summed E-state index contributed by atoms with van der Waals surface area (Å²) in [5.74, 6) is -1.49. The second-order valence-electron chi connectivity index (χ2n) is 4.59. The fraction of sp³-hybridized carbons (Fsp3) is 0.385. The Hall–Kier alpha value is -1.92. The van der Waals surface area contributed by atoms with Gasteiger partial charge in [0.1, 0.15) is 0 Å². The molecule has 6 heteroatoms. The summed E-state index contributed by atoms with van der Waals surface area (Å²) >= 11 is 0. The molecule has 2 fully saturated rings. The Balaban J connectivity index is 1.76. The zero-order chi connectivity index (χ0) is 13.4. The van der Waals surface area contributed by atoms with Gasteiger partial charge in [-0.05, 0) is 5.56 Å². The molecule has 19 heavy (non-hydrogen) atoms. The van der Waals surface area contributed by atoms with Gasteiger partial charge in [-0.2, -0.15) is 0 Å². The molecule has 0 saturated carbocycles. The molecule has 3 atom stereocenters. The fourth-order valence-corrected chi connectivity index (χ4v) is 2.36. The summed E-state index contributed by atoms with van der Waals surface area (Å²) < 4.78 is 10.5. The molecule has 1 aromatic carbocycles. The lowest BCUT2D eigenvalue weighted by Gasteiger charge is -2.30. The lowest BCUT2D eigenvalue weighted by Crippen LogP contribution is -2.49. The van der Waals surface area contributed by atoms with Crippen LogP contribution < -0.4 is 0 Å². The molecule has 2 heterocycles. The van der Waals surface area contributed by atoms with Crippen LogP contribution in [0.25, 0.3) is 0 Å². The Bertz CT molecular complexity index is 503. The van der Waals surface area contributed by atoms with E-state index < -0.39 is 24.5 Å². The highest BCUT2D eigenvalue weighted by Gasteiger charge is 2.51. The number of amides is 1. The number of morpholine rings is 1. The van der Waals surface area contributed by atoms with E-state index in [2.05, 4.69) is 0 Å². The second kappa shape index (κ2) is 4.64. The van der Waals surface area contributed by atoms with Gasteiger partial charge >= 0.3 is 5.97 Å². The van der Waals surface area contributed by atoms with Crippen LogP contribution in [0.15, 0.2) is 30.3 Å². The number of carboxylic acid groups (broad SMARTS) is 1. The van der Waals surface area contributed by atoms with E-state index in [-0.39, 0.29) is 12.5 Å². The third kappa shape index (κ3) is 2.20. The van der Waals surface area contributed by atoms with Gasteiger partial charge in [0.15, 0.2) is 18.5 Å². The summed E-state index contributed by atoms with van der Waals surface area (Å²) in [6.07, 6.45) is -2.87. The van der Waals surface area contributed by atoms with E-state index in [1.54, 1.807) is 4.90 Å². The van der Waals surface area contributed by atoms with E-state index >= 15 is 0 Å². The van der Waals surface area contributed by atoms with Gasteiger partial charge in [-0.25, -0.2) is 4.79 Å². The smallest absolute Gasteiger partial charge is 0.336 e. The second-order valence-corrected chi connectivity index (χ2v) is 4.59. The summed E-state index contributed by atoms with van der Waals surface area (Å²) in [7, 11) is 0. The minimum atomic E-state index is -1.20. The third-order valence-electron chi connectivity index (χ3n) is 3.26. The van der Waals surface area contributed by atoms with Crippen LogP contribution in [0.1, 0.15) is 5.56 Å². The molecule has 0 aromatic heterocycles. The monoisotopic (exact) mass is 263 g/mol. The molecular weight excluding hydrogens is 250 g/mol. The van der Waals surface area contributed by atoms with Crippen LogP contribution in [0.3, 0.4) is 0 Å². The normalized spacial score (nSPS) is 29.6. The van der Waals surface area contributed by atoms with Gasteiger partial charge in [-0.3, -0.25) is 4.79 Å². The van der Waals surface area contributed by atoms with Crippen LogP contribution in [0, 0.1) is 0 Å². The van der Waals surface area contributed by atoms with Gasteiger partial charge in [-0.1, -0.05) is 30.3 Å². The molecule has 0 radical (unpaired) electrons. The maximum absolute atomic E-state index is 12.2. The number of carboxylic acids is 1. The average molecular weight is 263 g/mol. The van der Waals surface area contributed by atoms with Crippen molar-refractivity contribution >= 4 is 11.9 Å². The number of rotatable bonds is 3. The quantitative estimate of drug-likeness (QED) is 0.844. The maximum Gasteiger partial charge on any atom is 0.336 e. The number of carbonyl (C=O) groups is 2. The average Bonchev–Trinajstić information content (AvgIpc) is 2.77. The zero-order valence-electron chi connectivity index (χ0n) is 10.1. The molecule has 0 spiro atoms. The van der Waals surface area contributed by atoms with Crippen molar-refractivity contribution in [3.63, 3.8) is 0 Å². The summed E-state index contributed by atoms with van der Waals surface area (Å²) in [4.78, 5) is 24.7. The minimum absolute atomic E-state index is 0.258. The number of hydrogen-bond donors (Lipinski definition) is 1. The van der Waals surface area contributed by atoms with E-state index in [1.165, 1.54) is 0 Å². The highest BCUT2D eigenvalue weighted by molar-refractivity contribution is 5.89. The number of benzene rings is 1. The van der Waals surface area contributed by atoms with Crippen LogP contribution in [0.2, 0.25) is 0 Å². The number of carbonyl (C=O) groups excluding carboxylic acids is 1. The topological polar surface area (TPSA) is 76.1 Å². The van der Waals surface area contributed by atoms with Crippen molar-refractivity contribution in [1.29, 1.82) is 0 Å². The number of nitrogens with zero attached hydrogens (tertiary/aromatic N) is 1. The van der Waals surface area contributed by atoms with E-state index in [0.29, 0.717) is 6.54 Å². The van der Waals surface area contributed by atoms with Gasteiger partial charge in [-0.15, -0.1) is 0 Å². The van der Waals surface area contributed by atoms with E-state index in [4.69, 9.17) is 14.6 Å². The third-order valence-corrected chi connectivity index (χ3v) is 3.26. The van der Waals surface area contributed by atoms with Crippen molar-refractivity contribution in [3.8, 4) is 0 Å². The highest BCUT2D eigenvalue weighted by atomic mass is 16.7. The molecule has 3 rings (SSSR count). The first-order valence-electron chi connectivity index (χ1n) is 6.01. The molecule has 1 aromatic rings. The van der Waals surface area contributed by atoms with Crippen LogP contribution in [0.4, 0.5) is 0 Å². The van der Waals surface area contributed by atoms with Gasteiger partial charge < -0.3 is 19.5 Å². The summed E-state index contributed by atoms with van der Waals surface area (Å²) in [6, 6.07) is 9.52. The molecule has 2 aliphatic heterocycles. The molecule has 100 valence electrons. The van der Waals surface area contributed by atoms with E-state index in [1.807, 2.05) is 30.3 Å². The van der Waals surface area contributed by atoms with Gasteiger partial charge in [0.05, 0.1) is 6.54 Å². The van der Waals surface area contributed by atoms with Crippen LogP contribution in [0.5, 0.6) is 0 Å².